The molecule has 1 aromatic rings. The minimum Gasteiger partial charge on any atom is -0.0587 e. The topological polar surface area (TPSA) is 0 Å². The summed E-state index contributed by atoms with van der Waals surface area (Å²) in [5.41, 5.74) is 4.64. The molecule has 1 aromatic carbocycles. The summed E-state index contributed by atoms with van der Waals surface area (Å²) in [4.78, 5) is 0. The number of rotatable bonds is 2. The first-order chi connectivity index (χ1) is 7.21. The molecule has 0 amide bonds. The molecule has 0 bridgehead atoms. The van der Waals surface area contributed by atoms with E-state index in [1.54, 1.807) is 0 Å². The zero-order valence-corrected chi connectivity index (χ0v) is 11.9. The van der Waals surface area contributed by atoms with Crippen molar-refractivity contribution in [3.05, 3.63) is 34.9 Å². The minimum absolute atomic E-state index is 0.245. The summed E-state index contributed by atoms with van der Waals surface area (Å²) in [6, 6.07) is 7.11. The highest BCUT2D eigenvalue weighted by molar-refractivity contribution is 5.36. The lowest BCUT2D eigenvalue weighted by molar-refractivity contribution is 0.586. The van der Waals surface area contributed by atoms with Crippen molar-refractivity contribution in [3.63, 3.8) is 0 Å². The maximum atomic E-state index is 2.37. The molecule has 0 unspecified atom stereocenters. The van der Waals surface area contributed by atoms with Crippen LogP contribution in [0.25, 0.3) is 0 Å². The summed E-state index contributed by atoms with van der Waals surface area (Å²) in [5.74, 6) is 1.22. The maximum Gasteiger partial charge on any atom is -0.0132 e. The molecule has 0 aliphatic carbocycles. The largest absolute Gasteiger partial charge is 0.0587 e. The van der Waals surface area contributed by atoms with Crippen LogP contribution >= 0.6 is 0 Å². The zero-order valence-electron chi connectivity index (χ0n) is 11.9. The van der Waals surface area contributed by atoms with Crippen molar-refractivity contribution >= 4 is 0 Å². The van der Waals surface area contributed by atoms with Crippen LogP contribution in [0.5, 0.6) is 0 Å². The highest BCUT2D eigenvalue weighted by Gasteiger charge is 2.16. The third kappa shape index (κ3) is 3.10. The van der Waals surface area contributed by atoms with Crippen LogP contribution in [0.1, 0.15) is 77.0 Å². The van der Waals surface area contributed by atoms with E-state index in [0.29, 0.717) is 11.8 Å². The lowest BCUT2D eigenvalue weighted by Crippen LogP contribution is -2.12. The van der Waals surface area contributed by atoms with Crippen LogP contribution in [0.4, 0.5) is 0 Å². The summed E-state index contributed by atoms with van der Waals surface area (Å²) >= 11 is 0. The lowest BCUT2D eigenvalue weighted by atomic mass is 9.82. The van der Waals surface area contributed by atoms with Crippen LogP contribution in [0.2, 0.25) is 0 Å². The molecule has 0 atom stereocenters. The number of hydrogen-bond donors (Lipinski definition) is 0. The third-order valence-electron chi connectivity index (χ3n) is 3.18. The molecule has 0 saturated heterocycles. The molecule has 0 fully saturated rings. The molecule has 1 rings (SSSR count). The summed E-state index contributed by atoms with van der Waals surface area (Å²) in [6.07, 6.45) is 0. The third-order valence-corrected chi connectivity index (χ3v) is 3.18. The van der Waals surface area contributed by atoms with Gasteiger partial charge in [0.25, 0.3) is 0 Å². The van der Waals surface area contributed by atoms with E-state index in [1.165, 1.54) is 16.7 Å². The Morgan fingerprint density at radius 3 is 1.38 bits per heavy atom. The second-order valence-corrected chi connectivity index (χ2v) is 6.45. The fourth-order valence-corrected chi connectivity index (χ4v) is 1.78. The standard InChI is InChI=1S/C16H26/c1-11(2)13-8-14(12(3)4)10-15(9-13)16(5,6)7/h8-12H,1-7H3. The van der Waals surface area contributed by atoms with Crippen molar-refractivity contribution in [2.75, 3.05) is 0 Å². The molecule has 0 spiro atoms. The van der Waals surface area contributed by atoms with Gasteiger partial charge in [0.1, 0.15) is 0 Å². The van der Waals surface area contributed by atoms with E-state index in [2.05, 4.69) is 66.7 Å². The molecule has 0 aromatic heterocycles. The maximum absolute atomic E-state index is 2.37. The van der Waals surface area contributed by atoms with Crippen molar-refractivity contribution in [2.24, 2.45) is 0 Å². The van der Waals surface area contributed by atoms with E-state index in [9.17, 15) is 0 Å². The molecule has 90 valence electrons. The quantitative estimate of drug-likeness (QED) is 0.637. The van der Waals surface area contributed by atoms with Crippen molar-refractivity contribution in [3.8, 4) is 0 Å². The molecular formula is C16H26. The van der Waals surface area contributed by atoms with Gasteiger partial charge in [-0.15, -0.1) is 0 Å². The van der Waals surface area contributed by atoms with Gasteiger partial charge in [-0.3, -0.25) is 0 Å². The highest BCUT2D eigenvalue weighted by atomic mass is 14.2. The first-order valence-corrected chi connectivity index (χ1v) is 6.37. The fraction of sp³-hybridized carbons (Fsp3) is 0.625. The predicted molar refractivity (Wildman–Crippen MR) is 73.3 cm³/mol. The van der Waals surface area contributed by atoms with Gasteiger partial charge in [-0.1, -0.05) is 66.7 Å². The van der Waals surface area contributed by atoms with Gasteiger partial charge < -0.3 is 0 Å². The predicted octanol–water partition coefficient (Wildman–Crippen LogP) is 5.23. The van der Waals surface area contributed by atoms with Crippen LogP contribution in [-0.2, 0) is 5.41 Å². The van der Waals surface area contributed by atoms with Gasteiger partial charge in [-0.05, 0) is 33.9 Å². The van der Waals surface area contributed by atoms with E-state index < -0.39 is 0 Å². The van der Waals surface area contributed by atoms with Crippen LogP contribution in [0.15, 0.2) is 18.2 Å². The normalized spacial score (nSPS) is 12.6. The van der Waals surface area contributed by atoms with Crippen molar-refractivity contribution < 1.29 is 0 Å². The Morgan fingerprint density at radius 2 is 1.12 bits per heavy atom. The van der Waals surface area contributed by atoms with E-state index in [0.717, 1.165) is 0 Å². The average Bonchev–Trinajstić information content (AvgIpc) is 2.15. The van der Waals surface area contributed by atoms with Crippen molar-refractivity contribution in [2.45, 2.75) is 65.7 Å². The second-order valence-electron chi connectivity index (χ2n) is 6.45. The van der Waals surface area contributed by atoms with Gasteiger partial charge in [-0.2, -0.15) is 0 Å². The van der Waals surface area contributed by atoms with Gasteiger partial charge in [0.05, 0.1) is 0 Å². The molecule has 16 heavy (non-hydrogen) atoms. The molecule has 0 radical (unpaired) electrons. The van der Waals surface area contributed by atoms with Crippen LogP contribution in [-0.4, -0.2) is 0 Å². The molecule has 0 aliphatic rings. The Kier molecular flexibility index (Phi) is 3.83. The minimum atomic E-state index is 0.245. The molecule has 0 saturated carbocycles. The molecule has 0 aliphatic heterocycles. The first-order valence-electron chi connectivity index (χ1n) is 6.37. The van der Waals surface area contributed by atoms with Gasteiger partial charge in [-0.25, -0.2) is 0 Å². The molecule has 0 heterocycles. The highest BCUT2D eigenvalue weighted by Crippen LogP contribution is 2.29. The Hall–Kier alpha value is -0.780. The lowest BCUT2D eigenvalue weighted by Gasteiger charge is -2.23. The Morgan fingerprint density at radius 1 is 0.750 bits per heavy atom. The van der Waals surface area contributed by atoms with Gasteiger partial charge >= 0.3 is 0 Å². The molecule has 0 heteroatoms. The van der Waals surface area contributed by atoms with Crippen LogP contribution in [0.3, 0.4) is 0 Å². The monoisotopic (exact) mass is 218 g/mol. The summed E-state index contributed by atoms with van der Waals surface area (Å²) in [5, 5.41) is 0. The van der Waals surface area contributed by atoms with Gasteiger partial charge in [0, 0.05) is 0 Å². The SMILES string of the molecule is CC(C)c1cc(C(C)C)cc(C(C)(C)C)c1. The first kappa shape index (κ1) is 13.3. The second kappa shape index (κ2) is 4.61. The van der Waals surface area contributed by atoms with Crippen LogP contribution < -0.4 is 0 Å². The van der Waals surface area contributed by atoms with E-state index in [1.807, 2.05) is 0 Å². The fourth-order valence-electron chi connectivity index (χ4n) is 1.78. The molecular weight excluding hydrogens is 192 g/mol. The molecule has 0 N–H and O–H groups in total. The number of hydrogen-bond acceptors (Lipinski definition) is 0. The van der Waals surface area contributed by atoms with E-state index >= 15 is 0 Å². The van der Waals surface area contributed by atoms with Gasteiger partial charge in [0.2, 0.25) is 0 Å². The van der Waals surface area contributed by atoms with E-state index in [4.69, 9.17) is 0 Å². The Balaban J connectivity index is 3.30. The smallest absolute Gasteiger partial charge is 0.0132 e. The Labute approximate surface area is 101 Å². The van der Waals surface area contributed by atoms with Crippen molar-refractivity contribution in [1.29, 1.82) is 0 Å². The van der Waals surface area contributed by atoms with E-state index in [-0.39, 0.29) is 5.41 Å². The van der Waals surface area contributed by atoms with Gasteiger partial charge in [0.15, 0.2) is 0 Å². The summed E-state index contributed by atoms with van der Waals surface area (Å²) in [6.45, 7) is 15.9. The summed E-state index contributed by atoms with van der Waals surface area (Å²) < 4.78 is 0. The van der Waals surface area contributed by atoms with Crippen LogP contribution in [0, 0.1) is 0 Å². The van der Waals surface area contributed by atoms with Crippen molar-refractivity contribution in [1.82, 2.24) is 0 Å². The number of benzene rings is 1. The average molecular weight is 218 g/mol. The Bertz CT molecular complexity index is 325. The summed E-state index contributed by atoms with van der Waals surface area (Å²) in [7, 11) is 0. The molecule has 0 nitrogen and oxygen atoms in total. The zero-order chi connectivity index (χ0) is 12.5.